The highest BCUT2D eigenvalue weighted by Crippen LogP contribution is 2.14. The van der Waals surface area contributed by atoms with E-state index in [2.05, 4.69) is 15.3 Å². The summed E-state index contributed by atoms with van der Waals surface area (Å²) < 4.78 is 0. The number of hydrogen-bond donors (Lipinski definition) is 2. The molecule has 120 valence electrons. The second kappa shape index (κ2) is 6.87. The van der Waals surface area contributed by atoms with Crippen molar-refractivity contribution in [1.29, 1.82) is 0 Å². The highest BCUT2D eigenvalue weighted by molar-refractivity contribution is 6.05. The van der Waals surface area contributed by atoms with Crippen LogP contribution >= 0.6 is 0 Å². The van der Waals surface area contributed by atoms with Gasteiger partial charge >= 0.3 is 5.69 Å². The van der Waals surface area contributed by atoms with Crippen LogP contribution in [0.5, 0.6) is 0 Å². The molecule has 0 spiro atoms. The van der Waals surface area contributed by atoms with Gasteiger partial charge in [0.05, 0.1) is 11.9 Å². The molecule has 3 aromatic rings. The predicted octanol–water partition coefficient (Wildman–Crippen LogP) is 2.06. The smallest absolute Gasteiger partial charge is 0.326 e. The van der Waals surface area contributed by atoms with E-state index in [0.29, 0.717) is 22.3 Å². The first-order chi connectivity index (χ1) is 11.6. The average molecular weight is 321 g/mol. The summed E-state index contributed by atoms with van der Waals surface area (Å²) in [4.78, 5) is 42.1. The third-order valence-corrected chi connectivity index (χ3v) is 3.50. The Morgan fingerprint density at radius 1 is 1.00 bits per heavy atom. The van der Waals surface area contributed by atoms with Crippen molar-refractivity contribution < 1.29 is 9.59 Å². The summed E-state index contributed by atoms with van der Waals surface area (Å²) >= 11 is 0. The van der Waals surface area contributed by atoms with Crippen molar-refractivity contribution >= 4 is 28.3 Å². The maximum Gasteiger partial charge on any atom is 0.345 e. The molecular formula is C18H15N3O3. The summed E-state index contributed by atoms with van der Waals surface area (Å²) in [6.45, 7) is 0. The van der Waals surface area contributed by atoms with E-state index in [1.807, 2.05) is 6.07 Å². The number of carbonyl (C=O) groups is 2. The van der Waals surface area contributed by atoms with Gasteiger partial charge in [-0.25, -0.2) is 4.79 Å². The SMILES string of the molecule is O=C(CC(=O)Nc1ccccc1)Cc1[nH]c(=O)nc2ccccc12. The van der Waals surface area contributed by atoms with Crippen LogP contribution < -0.4 is 11.0 Å². The standard InChI is InChI=1S/C18H15N3O3/c22-13(11-17(23)19-12-6-2-1-3-7-12)10-16-14-8-4-5-9-15(14)20-18(24)21-16/h1-9H,10-11H2,(H,19,23)(H,20,21,24). The monoisotopic (exact) mass is 321 g/mol. The van der Waals surface area contributed by atoms with E-state index in [0.717, 1.165) is 0 Å². The Kier molecular flexibility index (Phi) is 4.47. The van der Waals surface area contributed by atoms with Gasteiger partial charge in [0.2, 0.25) is 5.91 Å². The van der Waals surface area contributed by atoms with E-state index in [4.69, 9.17) is 0 Å². The van der Waals surface area contributed by atoms with Crippen LogP contribution in [-0.4, -0.2) is 21.7 Å². The van der Waals surface area contributed by atoms with Crippen molar-refractivity contribution in [2.45, 2.75) is 12.8 Å². The third kappa shape index (κ3) is 3.73. The maximum atomic E-state index is 12.2. The van der Waals surface area contributed by atoms with Crippen molar-refractivity contribution in [2.24, 2.45) is 0 Å². The predicted molar refractivity (Wildman–Crippen MR) is 90.8 cm³/mol. The normalized spacial score (nSPS) is 10.5. The number of ketones is 1. The lowest BCUT2D eigenvalue weighted by molar-refractivity contribution is -0.125. The van der Waals surface area contributed by atoms with Crippen LogP contribution in [0.2, 0.25) is 0 Å². The third-order valence-electron chi connectivity index (χ3n) is 3.50. The molecule has 1 amide bonds. The van der Waals surface area contributed by atoms with E-state index >= 15 is 0 Å². The fraction of sp³-hybridized carbons (Fsp3) is 0.111. The number of anilines is 1. The zero-order valence-electron chi connectivity index (χ0n) is 12.8. The van der Waals surface area contributed by atoms with Crippen molar-refractivity contribution in [1.82, 2.24) is 9.97 Å². The van der Waals surface area contributed by atoms with Gasteiger partial charge in [-0.1, -0.05) is 36.4 Å². The number of amides is 1. The maximum absolute atomic E-state index is 12.2. The van der Waals surface area contributed by atoms with Gasteiger partial charge in [-0.2, -0.15) is 4.98 Å². The van der Waals surface area contributed by atoms with Gasteiger partial charge in [-0.05, 0) is 18.2 Å². The topological polar surface area (TPSA) is 91.9 Å². The number of fused-ring (bicyclic) bond motifs is 1. The van der Waals surface area contributed by atoms with Gasteiger partial charge in [-0.3, -0.25) is 9.59 Å². The Bertz CT molecular complexity index is 948. The summed E-state index contributed by atoms with van der Waals surface area (Å²) in [7, 11) is 0. The van der Waals surface area contributed by atoms with Crippen LogP contribution in [0.4, 0.5) is 5.69 Å². The van der Waals surface area contributed by atoms with Gasteiger partial charge in [0.15, 0.2) is 0 Å². The molecule has 0 atom stereocenters. The molecular weight excluding hydrogens is 306 g/mol. The van der Waals surface area contributed by atoms with Gasteiger partial charge in [-0.15, -0.1) is 0 Å². The van der Waals surface area contributed by atoms with Crippen LogP contribution in [-0.2, 0) is 16.0 Å². The molecule has 0 fully saturated rings. The van der Waals surface area contributed by atoms with Gasteiger partial charge in [0.25, 0.3) is 0 Å². The molecule has 0 unspecified atom stereocenters. The molecule has 2 N–H and O–H groups in total. The number of H-pyrrole nitrogens is 1. The first-order valence-corrected chi connectivity index (χ1v) is 7.46. The Balaban J connectivity index is 1.71. The molecule has 0 aliphatic rings. The van der Waals surface area contributed by atoms with E-state index in [1.165, 1.54) is 0 Å². The van der Waals surface area contributed by atoms with Gasteiger partial charge in [0.1, 0.15) is 5.78 Å². The van der Waals surface area contributed by atoms with Crippen LogP contribution in [0.25, 0.3) is 10.9 Å². The lowest BCUT2D eigenvalue weighted by atomic mass is 10.1. The summed E-state index contributed by atoms with van der Waals surface area (Å²) in [5.74, 6) is -0.664. The molecule has 1 heterocycles. The second-order valence-corrected chi connectivity index (χ2v) is 5.34. The lowest BCUT2D eigenvalue weighted by Gasteiger charge is -2.06. The molecule has 24 heavy (non-hydrogen) atoms. The van der Waals surface area contributed by atoms with Gasteiger partial charge < -0.3 is 10.3 Å². The molecule has 6 heteroatoms. The van der Waals surface area contributed by atoms with Crippen LogP contribution in [0, 0.1) is 0 Å². The molecule has 0 bridgehead atoms. The number of nitrogens with zero attached hydrogens (tertiary/aromatic N) is 1. The van der Waals surface area contributed by atoms with E-state index in [9.17, 15) is 14.4 Å². The number of aromatic nitrogens is 2. The first kappa shape index (κ1) is 15.6. The lowest BCUT2D eigenvalue weighted by Crippen LogP contribution is -2.20. The molecule has 0 aliphatic carbocycles. The van der Waals surface area contributed by atoms with Crippen LogP contribution in [0.1, 0.15) is 12.1 Å². The minimum Gasteiger partial charge on any atom is -0.326 e. The summed E-state index contributed by atoms with van der Waals surface area (Å²) in [6, 6.07) is 16.0. The number of Topliss-reactive ketones (excluding diaryl/α,β-unsaturated/α-hetero) is 1. The molecule has 0 saturated heterocycles. The summed E-state index contributed by atoms with van der Waals surface area (Å²) in [5, 5.41) is 3.37. The quantitative estimate of drug-likeness (QED) is 0.704. The minimum atomic E-state index is -0.509. The van der Waals surface area contributed by atoms with E-state index < -0.39 is 5.69 Å². The number of nitrogens with one attached hydrogen (secondary N) is 2. The van der Waals surface area contributed by atoms with Crippen LogP contribution in [0.3, 0.4) is 0 Å². The number of aromatic amines is 1. The molecule has 2 aromatic carbocycles. The van der Waals surface area contributed by atoms with E-state index in [-0.39, 0.29) is 24.5 Å². The van der Waals surface area contributed by atoms with Crippen LogP contribution in [0.15, 0.2) is 59.4 Å². The fourth-order valence-corrected chi connectivity index (χ4v) is 2.46. The Morgan fingerprint density at radius 2 is 1.71 bits per heavy atom. The van der Waals surface area contributed by atoms with Crippen molar-refractivity contribution in [3.63, 3.8) is 0 Å². The zero-order valence-corrected chi connectivity index (χ0v) is 12.8. The number of hydrogen-bond acceptors (Lipinski definition) is 4. The summed E-state index contributed by atoms with van der Waals surface area (Å²) in [6.07, 6.45) is -0.284. The number of carbonyl (C=O) groups excluding carboxylic acids is 2. The van der Waals surface area contributed by atoms with E-state index in [1.54, 1.807) is 48.5 Å². The first-order valence-electron chi connectivity index (χ1n) is 7.46. The highest BCUT2D eigenvalue weighted by Gasteiger charge is 2.13. The molecule has 3 rings (SSSR count). The molecule has 6 nitrogen and oxygen atoms in total. The highest BCUT2D eigenvalue weighted by atomic mass is 16.2. The fourth-order valence-electron chi connectivity index (χ4n) is 2.46. The minimum absolute atomic E-state index is 0.0273. The number of para-hydroxylation sites is 2. The largest absolute Gasteiger partial charge is 0.345 e. The van der Waals surface area contributed by atoms with Crippen molar-refractivity contribution in [3.05, 3.63) is 70.8 Å². The molecule has 0 aliphatic heterocycles. The Labute approximate surface area is 137 Å². The van der Waals surface area contributed by atoms with Crippen molar-refractivity contribution in [3.8, 4) is 0 Å². The number of rotatable bonds is 5. The Morgan fingerprint density at radius 3 is 2.50 bits per heavy atom. The second-order valence-electron chi connectivity index (χ2n) is 5.34. The summed E-state index contributed by atoms with van der Waals surface area (Å²) in [5.41, 5.74) is 1.13. The molecule has 1 aromatic heterocycles. The molecule has 0 saturated carbocycles. The average Bonchev–Trinajstić information content (AvgIpc) is 2.55. The number of benzene rings is 2. The van der Waals surface area contributed by atoms with Gasteiger partial charge in [0, 0.05) is 23.2 Å². The van der Waals surface area contributed by atoms with Crippen molar-refractivity contribution in [2.75, 3.05) is 5.32 Å². The zero-order chi connectivity index (χ0) is 16.9. The molecule has 0 radical (unpaired) electrons. The Hall–Kier alpha value is -3.28.